The molecule has 1 aromatic carbocycles. The lowest BCUT2D eigenvalue weighted by atomic mass is 10.1. The van der Waals surface area contributed by atoms with Crippen molar-refractivity contribution in [1.82, 2.24) is 19.4 Å². The maximum absolute atomic E-state index is 5.50. The van der Waals surface area contributed by atoms with Gasteiger partial charge in [0.15, 0.2) is 5.65 Å². The number of benzene rings is 1. The minimum atomic E-state index is 0.559. The van der Waals surface area contributed by atoms with Crippen LogP contribution in [-0.2, 0) is 4.74 Å². The SMILES string of the molecule is COc1ccc2nc(C)c3c(C)nc(-c4cccc(N5CCOCC5)c4)n3c2n1. The maximum Gasteiger partial charge on any atom is 0.215 e. The molecule has 0 saturated carbocycles. The molecule has 3 aromatic heterocycles. The molecule has 1 aliphatic heterocycles. The third-order valence-electron chi connectivity index (χ3n) is 5.41. The molecule has 0 N–H and O–H groups in total. The second kappa shape index (κ2) is 7.00. The first-order valence-corrected chi connectivity index (χ1v) is 9.79. The van der Waals surface area contributed by atoms with E-state index < -0.39 is 0 Å². The smallest absolute Gasteiger partial charge is 0.215 e. The van der Waals surface area contributed by atoms with Crippen molar-refractivity contribution in [2.75, 3.05) is 38.3 Å². The Labute approximate surface area is 168 Å². The zero-order chi connectivity index (χ0) is 20.0. The van der Waals surface area contributed by atoms with Crippen molar-refractivity contribution in [1.29, 1.82) is 0 Å². The third kappa shape index (κ3) is 2.98. The zero-order valence-electron chi connectivity index (χ0n) is 16.8. The Morgan fingerprint density at radius 1 is 0.966 bits per heavy atom. The van der Waals surface area contributed by atoms with Gasteiger partial charge in [0.2, 0.25) is 5.88 Å². The highest BCUT2D eigenvalue weighted by atomic mass is 16.5. The average molecular weight is 389 g/mol. The molecule has 7 nitrogen and oxygen atoms in total. The molecular weight excluding hydrogens is 366 g/mol. The van der Waals surface area contributed by atoms with Gasteiger partial charge in [-0.1, -0.05) is 12.1 Å². The van der Waals surface area contributed by atoms with Gasteiger partial charge in [0.25, 0.3) is 0 Å². The van der Waals surface area contributed by atoms with Crippen molar-refractivity contribution in [3.63, 3.8) is 0 Å². The van der Waals surface area contributed by atoms with Gasteiger partial charge in [-0.05, 0) is 32.0 Å². The number of pyridine rings is 1. The lowest BCUT2D eigenvalue weighted by molar-refractivity contribution is 0.122. The van der Waals surface area contributed by atoms with Gasteiger partial charge in [-0.15, -0.1) is 0 Å². The first kappa shape index (κ1) is 17.9. The van der Waals surface area contributed by atoms with Crippen LogP contribution in [-0.4, -0.2) is 52.8 Å². The molecule has 0 radical (unpaired) electrons. The molecular formula is C22H23N5O2. The van der Waals surface area contributed by atoms with E-state index in [-0.39, 0.29) is 0 Å². The minimum Gasteiger partial charge on any atom is -0.481 e. The van der Waals surface area contributed by atoms with Crippen LogP contribution in [0.4, 0.5) is 5.69 Å². The fourth-order valence-corrected chi connectivity index (χ4v) is 4.04. The number of nitrogens with zero attached hydrogens (tertiary/aromatic N) is 5. The Balaban J connectivity index is 1.75. The number of aryl methyl sites for hydroxylation is 2. The monoisotopic (exact) mass is 389 g/mol. The van der Waals surface area contributed by atoms with Crippen LogP contribution in [0, 0.1) is 13.8 Å². The van der Waals surface area contributed by atoms with Crippen LogP contribution in [0.25, 0.3) is 28.1 Å². The van der Waals surface area contributed by atoms with Gasteiger partial charge in [0, 0.05) is 30.4 Å². The van der Waals surface area contributed by atoms with Crippen LogP contribution in [0.15, 0.2) is 36.4 Å². The highest BCUT2D eigenvalue weighted by molar-refractivity contribution is 5.81. The number of methoxy groups -OCH3 is 1. The average Bonchev–Trinajstić information content (AvgIpc) is 3.12. The molecule has 0 atom stereocenters. The van der Waals surface area contributed by atoms with Crippen molar-refractivity contribution < 1.29 is 9.47 Å². The van der Waals surface area contributed by atoms with E-state index in [0.29, 0.717) is 5.88 Å². The summed E-state index contributed by atoms with van der Waals surface area (Å²) in [5.74, 6) is 1.42. The van der Waals surface area contributed by atoms with E-state index in [2.05, 4.69) is 38.6 Å². The summed E-state index contributed by atoms with van der Waals surface area (Å²) in [6.45, 7) is 7.35. The number of ether oxygens (including phenoxy) is 2. The molecule has 1 fully saturated rings. The molecule has 0 spiro atoms. The lowest BCUT2D eigenvalue weighted by Crippen LogP contribution is -2.36. The van der Waals surface area contributed by atoms with Crippen molar-refractivity contribution in [2.45, 2.75) is 13.8 Å². The number of hydrogen-bond donors (Lipinski definition) is 0. The Morgan fingerprint density at radius 2 is 1.76 bits per heavy atom. The maximum atomic E-state index is 5.50. The lowest BCUT2D eigenvalue weighted by Gasteiger charge is -2.29. The van der Waals surface area contributed by atoms with E-state index in [1.54, 1.807) is 7.11 Å². The van der Waals surface area contributed by atoms with E-state index in [9.17, 15) is 0 Å². The molecule has 0 unspecified atom stereocenters. The summed E-state index contributed by atoms with van der Waals surface area (Å²) in [5.41, 5.74) is 6.66. The highest BCUT2D eigenvalue weighted by Crippen LogP contribution is 2.30. The molecule has 0 aliphatic carbocycles. The molecule has 0 bridgehead atoms. The molecule has 4 aromatic rings. The van der Waals surface area contributed by atoms with E-state index in [1.807, 2.05) is 26.0 Å². The predicted molar refractivity (Wildman–Crippen MR) is 113 cm³/mol. The summed E-state index contributed by atoms with van der Waals surface area (Å²) < 4.78 is 13.0. The molecule has 7 heteroatoms. The van der Waals surface area contributed by atoms with Crippen LogP contribution in [0.2, 0.25) is 0 Å². The predicted octanol–water partition coefficient (Wildman–Crippen LogP) is 3.41. The summed E-state index contributed by atoms with van der Waals surface area (Å²) >= 11 is 0. The highest BCUT2D eigenvalue weighted by Gasteiger charge is 2.19. The van der Waals surface area contributed by atoms with Crippen molar-refractivity contribution >= 4 is 22.4 Å². The quantitative estimate of drug-likeness (QED) is 0.535. The minimum absolute atomic E-state index is 0.559. The number of rotatable bonds is 3. The summed E-state index contributed by atoms with van der Waals surface area (Å²) in [6, 6.07) is 12.3. The molecule has 148 valence electrons. The molecule has 29 heavy (non-hydrogen) atoms. The van der Waals surface area contributed by atoms with Gasteiger partial charge in [0.05, 0.1) is 37.2 Å². The van der Waals surface area contributed by atoms with Crippen molar-refractivity contribution in [3.05, 3.63) is 47.8 Å². The standard InChI is InChI=1S/C22H23N5O2/c1-14-20-15(2)24-21(27(20)22-18(23-14)7-8-19(25-22)28-3)16-5-4-6-17(13-16)26-9-11-29-12-10-26/h4-8,13H,9-12H2,1-3H3. The van der Waals surface area contributed by atoms with Crippen LogP contribution in [0.3, 0.4) is 0 Å². The Kier molecular flexibility index (Phi) is 4.32. The number of fused-ring (bicyclic) bond motifs is 3. The first-order valence-electron chi connectivity index (χ1n) is 9.79. The largest absolute Gasteiger partial charge is 0.481 e. The number of imidazole rings is 1. The number of aromatic nitrogens is 4. The van der Waals surface area contributed by atoms with Crippen LogP contribution in [0.5, 0.6) is 5.88 Å². The molecule has 1 aliphatic rings. The van der Waals surface area contributed by atoms with E-state index in [0.717, 1.165) is 65.8 Å². The second-order valence-electron chi connectivity index (χ2n) is 7.25. The fourth-order valence-electron chi connectivity index (χ4n) is 4.04. The van der Waals surface area contributed by atoms with Gasteiger partial charge in [-0.3, -0.25) is 4.40 Å². The number of hydrogen-bond acceptors (Lipinski definition) is 6. The summed E-state index contributed by atoms with van der Waals surface area (Å²) in [5, 5.41) is 0. The molecule has 1 saturated heterocycles. The summed E-state index contributed by atoms with van der Waals surface area (Å²) in [7, 11) is 1.62. The fraction of sp³-hybridized carbons (Fsp3) is 0.318. The van der Waals surface area contributed by atoms with E-state index in [1.165, 1.54) is 5.69 Å². The number of anilines is 1. The van der Waals surface area contributed by atoms with Crippen molar-refractivity contribution in [3.8, 4) is 17.3 Å². The van der Waals surface area contributed by atoms with E-state index >= 15 is 0 Å². The molecule has 4 heterocycles. The Hall–Kier alpha value is -3.19. The second-order valence-corrected chi connectivity index (χ2v) is 7.25. The van der Waals surface area contributed by atoms with Crippen molar-refractivity contribution in [2.24, 2.45) is 0 Å². The summed E-state index contributed by atoms with van der Waals surface area (Å²) in [6.07, 6.45) is 0. The summed E-state index contributed by atoms with van der Waals surface area (Å²) in [4.78, 5) is 16.7. The van der Waals surface area contributed by atoms with Gasteiger partial charge >= 0.3 is 0 Å². The zero-order valence-corrected chi connectivity index (χ0v) is 16.8. The van der Waals surface area contributed by atoms with Gasteiger partial charge in [0.1, 0.15) is 11.3 Å². The topological polar surface area (TPSA) is 64.8 Å². The molecule has 0 amide bonds. The van der Waals surface area contributed by atoms with E-state index in [4.69, 9.17) is 19.4 Å². The first-order chi connectivity index (χ1) is 14.2. The Morgan fingerprint density at radius 3 is 2.55 bits per heavy atom. The normalized spacial score (nSPS) is 14.7. The van der Waals surface area contributed by atoms with Gasteiger partial charge in [-0.25, -0.2) is 9.97 Å². The third-order valence-corrected chi connectivity index (χ3v) is 5.41. The molecule has 5 rings (SSSR count). The van der Waals surface area contributed by atoms with Gasteiger partial charge in [-0.2, -0.15) is 4.98 Å². The van der Waals surface area contributed by atoms with Crippen LogP contribution in [0.1, 0.15) is 11.4 Å². The van der Waals surface area contributed by atoms with Crippen LogP contribution >= 0.6 is 0 Å². The van der Waals surface area contributed by atoms with Gasteiger partial charge < -0.3 is 14.4 Å². The van der Waals surface area contributed by atoms with Crippen LogP contribution < -0.4 is 9.64 Å². The Bertz CT molecular complexity index is 1210. The number of morpholine rings is 1.